The highest BCUT2D eigenvalue weighted by atomic mass is 19.4. The fourth-order valence-corrected chi connectivity index (χ4v) is 4.10. The van der Waals surface area contributed by atoms with E-state index >= 15 is 0 Å². The number of carbonyl (C=O) groups is 2. The summed E-state index contributed by atoms with van der Waals surface area (Å²) in [6, 6.07) is 3.89. The van der Waals surface area contributed by atoms with E-state index in [4.69, 9.17) is 0 Å². The van der Waals surface area contributed by atoms with Gasteiger partial charge in [-0.25, -0.2) is 13.8 Å². The minimum absolute atomic E-state index is 0.0783. The number of nitrogens with one attached hydrogen (secondary N) is 1. The highest BCUT2D eigenvalue weighted by molar-refractivity contribution is 5.95. The maximum absolute atomic E-state index is 13.0. The summed E-state index contributed by atoms with van der Waals surface area (Å²) in [5.74, 6) is -1.19. The van der Waals surface area contributed by atoms with E-state index in [1.54, 1.807) is 6.92 Å². The lowest BCUT2D eigenvalue weighted by Gasteiger charge is -2.35. The minimum atomic E-state index is -4.56. The number of rotatable bonds is 6. The Labute approximate surface area is 187 Å². The molecule has 2 atom stereocenters. The van der Waals surface area contributed by atoms with Gasteiger partial charge in [-0.2, -0.15) is 13.2 Å². The van der Waals surface area contributed by atoms with Crippen molar-refractivity contribution in [1.82, 2.24) is 14.5 Å². The van der Waals surface area contributed by atoms with Gasteiger partial charge < -0.3 is 14.8 Å². The van der Waals surface area contributed by atoms with Gasteiger partial charge in [0.25, 0.3) is 12.3 Å². The Morgan fingerprint density at radius 1 is 1.27 bits per heavy atom. The number of halogens is 5. The summed E-state index contributed by atoms with van der Waals surface area (Å²) in [6.07, 6.45) is -3.82. The lowest BCUT2D eigenvalue weighted by molar-refractivity contribution is -0.137. The lowest BCUT2D eigenvalue weighted by Crippen LogP contribution is -2.42. The molecule has 0 radical (unpaired) electrons. The molecule has 1 fully saturated rings. The van der Waals surface area contributed by atoms with Crippen molar-refractivity contribution in [1.29, 1.82) is 0 Å². The van der Waals surface area contributed by atoms with Gasteiger partial charge in [0.2, 0.25) is 5.91 Å². The highest BCUT2D eigenvalue weighted by Gasteiger charge is 2.34. The van der Waals surface area contributed by atoms with Gasteiger partial charge >= 0.3 is 6.18 Å². The molecule has 1 aromatic heterocycles. The number of hydrogen-bond donors (Lipinski definition) is 1. The normalized spacial score (nSPS) is 18.9. The Hall–Kier alpha value is -2.98. The molecule has 11 heteroatoms. The summed E-state index contributed by atoms with van der Waals surface area (Å²) in [5.41, 5.74) is -0.572. The fourth-order valence-electron chi connectivity index (χ4n) is 4.10. The Balaban J connectivity index is 1.68. The summed E-state index contributed by atoms with van der Waals surface area (Å²) in [7, 11) is 1.51. The summed E-state index contributed by atoms with van der Waals surface area (Å²) < 4.78 is 65.7. The van der Waals surface area contributed by atoms with Crippen LogP contribution in [0.25, 0.3) is 0 Å². The van der Waals surface area contributed by atoms with Gasteiger partial charge in [0.15, 0.2) is 0 Å². The number of carbonyl (C=O) groups excluding carboxylic acids is 2. The van der Waals surface area contributed by atoms with Gasteiger partial charge in [0.1, 0.15) is 5.82 Å². The molecule has 33 heavy (non-hydrogen) atoms. The van der Waals surface area contributed by atoms with Crippen molar-refractivity contribution in [3.8, 4) is 0 Å². The van der Waals surface area contributed by atoms with Crippen molar-refractivity contribution in [3.63, 3.8) is 0 Å². The van der Waals surface area contributed by atoms with Crippen molar-refractivity contribution in [2.75, 3.05) is 12.4 Å². The van der Waals surface area contributed by atoms with Gasteiger partial charge in [0.05, 0.1) is 24.1 Å². The average Bonchev–Trinajstić information content (AvgIpc) is 3.10. The molecule has 6 nitrogen and oxygen atoms in total. The predicted octanol–water partition coefficient (Wildman–Crippen LogP) is 4.74. The third-order valence-corrected chi connectivity index (χ3v) is 5.92. The molecule has 1 N–H and O–H groups in total. The number of nitrogens with zero attached hydrogens (tertiary/aromatic N) is 3. The molecule has 3 rings (SSSR count). The van der Waals surface area contributed by atoms with Crippen LogP contribution in [-0.2, 0) is 17.5 Å². The Kier molecular flexibility index (Phi) is 7.38. The monoisotopic (exact) mass is 472 g/mol. The zero-order valence-electron chi connectivity index (χ0n) is 18.2. The minimum Gasteiger partial charge on any atom is -0.339 e. The van der Waals surface area contributed by atoms with Gasteiger partial charge in [-0.15, -0.1) is 0 Å². The van der Waals surface area contributed by atoms with E-state index in [9.17, 15) is 31.5 Å². The first-order valence-electron chi connectivity index (χ1n) is 10.5. The molecule has 1 unspecified atom stereocenters. The summed E-state index contributed by atoms with van der Waals surface area (Å²) in [4.78, 5) is 31.0. The van der Waals surface area contributed by atoms with Gasteiger partial charge in [0, 0.05) is 24.6 Å². The van der Waals surface area contributed by atoms with Crippen LogP contribution < -0.4 is 5.32 Å². The molecule has 0 saturated heterocycles. The first-order chi connectivity index (χ1) is 15.5. The van der Waals surface area contributed by atoms with Crippen molar-refractivity contribution in [3.05, 3.63) is 47.4 Å². The van der Waals surface area contributed by atoms with Gasteiger partial charge in [-0.1, -0.05) is 12.5 Å². The molecule has 1 aromatic carbocycles. The topological polar surface area (TPSA) is 67.2 Å². The lowest BCUT2D eigenvalue weighted by atomic mass is 9.84. The SMILES string of the molecule is Cc1ncn(CC(F)F)c1NC(=O)[C@@H]1CCCC(N(C)C(=O)c2cccc(C(F)(F)F)c2)C1. The van der Waals surface area contributed by atoms with Crippen LogP contribution in [0.1, 0.15) is 47.3 Å². The third-order valence-electron chi connectivity index (χ3n) is 5.92. The van der Waals surface area contributed by atoms with Crippen LogP contribution in [0.5, 0.6) is 0 Å². The van der Waals surface area contributed by atoms with E-state index in [0.29, 0.717) is 31.4 Å². The fraction of sp³-hybridized carbons (Fsp3) is 0.500. The van der Waals surface area contributed by atoms with E-state index in [0.717, 1.165) is 12.1 Å². The molecule has 1 saturated carbocycles. The van der Waals surface area contributed by atoms with E-state index in [1.165, 1.54) is 35.0 Å². The summed E-state index contributed by atoms with van der Waals surface area (Å²) in [6.45, 7) is 1.00. The molecular formula is C22H25F5N4O2. The molecule has 0 bridgehead atoms. The summed E-state index contributed by atoms with van der Waals surface area (Å²) in [5, 5.41) is 2.68. The number of amides is 2. The van der Waals surface area contributed by atoms with Crippen molar-refractivity contribution < 1.29 is 31.5 Å². The zero-order chi connectivity index (χ0) is 24.3. The van der Waals surface area contributed by atoms with Crippen LogP contribution in [0, 0.1) is 12.8 Å². The van der Waals surface area contributed by atoms with Crippen LogP contribution in [0.2, 0.25) is 0 Å². The highest BCUT2D eigenvalue weighted by Crippen LogP contribution is 2.32. The molecular weight excluding hydrogens is 447 g/mol. The van der Waals surface area contributed by atoms with E-state index in [2.05, 4.69) is 10.3 Å². The quantitative estimate of drug-likeness (QED) is 0.618. The van der Waals surface area contributed by atoms with E-state index < -0.39 is 36.5 Å². The molecule has 180 valence electrons. The molecule has 2 amide bonds. The first kappa shape index (κ1) is 24.7. The molecule has 0 aliphatic heterocycles. The van der Waals surface area contributed by atoms with E-state index in [1.807, 2.05) is 0 Å². The number of imidazole rings is 1. The Morgan fingerprint density at radius 3 is 2.67 bits per heavy atom. The molecule has 1 heterocycles. The predicted molar refractivity (Wildman–Crippen MR) is 111 cm³/mol. The van der Waals surface area contributed by atoms with Crippen LogP contribution in [0.15, 0.2) is 30.6 Å². The Morgan fingerprint density at radius 2 is 2.00 bits per heavy atom. The average molecular weight is 472 g/mol. The molecule has 2 aromatic rings. The van der Waals surface area contributed by atoms with Gasteiger partial charge in [-0.3, -0.25) is 9.59 Å². The maximum atomic E-state index is 13.0. The van der Waals surface area contributed by atoms with Crippen molar-refractivity contribution >= 4 is 17.6 Å². The smallest absolute Gasteiger partial charge is 0.339 e. The second-order valence-corrected chi connectivity index (χ2v) is 8.22. The van der Waals surface area contributed by atoms with Gasteiger partial charge in [-0.05, 0) is 44.4 Å². The number of alkyl halides is 5. The Bertz CT molecular complexity index is 1000. The maximum Gasteiger partial charge on any atom is 0.416 e. The van der Waals surface area contributed by atoms with Crippen LogP contribution in [0.3, 0.4) is 0 Å². The largest absolute Gasteiger partial charge is 0.416 e. The summed E-state index contributed by atoms with van der Waals surface area (Å²) >= 11 is 0. The number of anilines is 1. The second kappa shape index (κ2) is 9.88. The molecule has 1 aliphatic carbocycles. The van der Waals surface area contributed by atoms with Crippen molar-refractivity contribution in [2.45, 2.75) is 57.8 Å². The number of aromatic nitrogens is 2. The molecule has 1 aliphatic rings. The van der Waals surface area contributed by atoms with E-state index in [-0.39, 0.29) is 23.3 Å². The van der Waals surface area contributed by atoms with Crippen LogP contribution >= 0.6 is 0 Å². The first-order valence-corrected chi connectivity index (χ1v) is 10.5. The number of benzene rings is 1. The van der Waals surface area contributed by atoms with Crippen molar-refractivity contribution in [2.24, 2.45) is 5.92 Å². The second-order valence-electron chi connectivity index (χ2n) is 8.22. The standard InChI is InChI=1S/C22H25F5N4O2/c1-13-19(31(12-28-13)11-18(23)24)29-20(32)14-5-4-8-17(10-14)30(2)21(33)15-6-3-7-16(9-15)22(25,26)27/h3,6-7,9,12,14,17-18H,4-5,8,10-11H2,1-2H3,(H,29,32)/t14-,17?/m1/s1. The van der Waals surface area contributed by atoms with Crippen LogP contribution in [-0.4, -0.2) is 45.8 Å². The zero-order valence-corrected chi connectivity index (χ0v) is 18.2. The third kappa shape index (κ3) is 5.88. The molecule has 0 spiro atoms. The van der Waals surface area contributed by atoms with Crippen LogP contribution in [0.4, 0.5) is 27.8 Å². The number of hydrogen-bond acceptors (Lipinski definition) is 3. The number of aryl methyl sites for hydroxylation is 1.